The summed E-state index contributed by atoms with van der Waals surface area (Å²) in [5.74, 6) is 0. The summed E-state index contributed by atoms with van der Waals surface area (Å²) in [6.45, 7) is 0.471. The molecule has 0 saturated carbocycles. The Labute approximate surface area is 86.7 Å². The van der Waals surface area contributed by atoms with Gasteiger partial charge in [-0.05, 0) is 24.1 Å². The molecular formula is C10H12FNOS. The molecular weight excluding hydrogens is 201 g/mol. The van der Waals surface area contributed by atoms with E-state index in [1.165, 1.54) is 0 Å². The van der Waals surface area contributed by atoms with Crippen molar-refractivity contribution in [2.75, 3.05) is 6.54 Å². The van der Waals surface area contributed by atoms with Gasteiger partial charge in [-0.15, -0.1) is 0 Å². The minimum Gasteiger partial charge on any atom is -0.325 e. The van der Waals surface area contributed by atoms with Crippen molar-refractivity contribution in [2.45, 2.75) is 23.5 Å². The molecule has 14 heavy (non-hydrogen) atoms. The third kappa shape index (κ3) is 2.08. The van der Waals surface area contributed by atoms with E-state index in [4.69, 9.17) is 4.55 Å². The maximum Gasteiger partial charge on any atom is 0.128 e. The summed E-state index contributed by atoms with van der Waals surface area (Å²) in [6, 6.07) is 7.49. The second kappa shape index (κ2) is 4.29. The smallest absolute Gasteiger partial charge is 0.128 e. The van der Waals surface area contributed by atoms with Crippen molar-refractivity contribution in [1.82, 2.24) is 5.32 Å². The molecule has 1 aromatic rings. The molecule has 76 valence electrons. The Morgan fingerprint density at radius 1 is 1.57 bits per heavy atom. The van der Waals surface area contributed by atoms with E-state index in [0.29, 0.717) is 13.0 Å². The monoisotopic (exact) mass is 213 g/mol. The van der Waals surface area contributed by atoms with Crippen LogP contribution in [0, 0.1) is 0 Å². The Bertz CT molecular complexity index is 321. The van der Waals surface area contributed by atoms with Gasteiger partial charge in [-0.3, -0.25) is 0 Å². The number of hydrogen-bond acceptors (Lipinski definition) is 3. The molecule has 1 heterocycles. The molecule has 2 N–H and O–H groups in total. The average molecular weight is 213 g/mol. The van der Waals surface area contributed by atoms with Gasteiger partial charge in [-0.25, -0.2) is 4.39 Å². The Hall–Kier alpha value is -0.580. The zero-order valence-electron chi connectivity index (χ0n) is 7.61. The van der Waals surface area contributed by atoms with E-state index in [-0.39, 0.29) is 6.04 Å². The topological polar surface area (TPSA) is 32.3 Å². The molecule has 0 bridgehead atoms. The third-order valence-corrected chi connectivity index (χ3v) is 2.94. The molecule has 1 aromatic carbocycles. The van der Waals surface area contributed by atoms with Crippen LogP contribution in [0.25, 0.3) is 0 Å². The van der Waals surface area contributed by atoms with E-state index in [9.17, 15) is 4.39 Å². The van der Waals surface area contributed by atoms with Crippen molar-refractivity contribution in [3.8, 4) is 0 Å². The lowest BCUT2D eigenvalue weighted by Gasteiger charge is -2.32. The molecule has 0 amide bonds. The van der Waals surface area contributed by atoms with E-state index in [1.807, 2.05) is 24.3 Å². The fraction of sp³-hybridized carbons (Fsp3) is 0.400. The highest BCUT2D eigenvalue weighted by Crippen LogP contribution is 2.19. The van der Waals surface area contributed by atoms with Crippen molar-refractivity contribution >= 4 is 12.0 Å². The number of rotatable bonds is 3. The first-order valence-corrected chi connectivity index (χ1v) is 5.35. The van der Waals surface area contributed by atoms with Crippen LogP contribution in [0.2, 0.25) is 0 Å². The normalized spacial score (nSPS) is 25.9. The Morgan fingerprint density at radius 3 is 3.00 bits per heavy atom. The predicted octanol–water partition coefficient (Wildman–Crippen LogP) is 2.10. The Kier molecular flexibility index (Phi) is 3.05. The highest BCUT2D eigenvalue weighted by molar-refractivity contribution is 7.93. The van der Waals surface area contributed by atoms with Crippen LogP contribution < -0.4 is 5.32 Å². The van der Waals surface area contributed by atoms with E-state index in [2.05, 4.69) is 5.32 Å². The Morgan fingerprint density at radius 2 is 2.43 bits per heavy atom. The molecule has 2 atom stereocenters. The fourth-order valence-electron chi connectivity index (χ4n) is 1.56. The van der Waals surface area contributed by atoms with Gasteiger partial charge in [0.2, 0.25) is 0 Å². The van der Waals surface area contributed by atoms with Crippen molar-refractivity contribution in [3.63, 3.8) is 0 Å². The zero-order chi connectivity index (χ0) is 9.97. The maximum atomic E-state index is 12.9. The molecule has 1 unspecified atom stereocenters. The number of benzene rings is 1. The van der Waals surface area contributed by atoms with Crippen molar-refractivity contribution in [1.29, 1.82) is 0 Å². The maximum absolute atomic E-state index is 12.9. The molecule has 0 aromatic heterocycles. The van der Waals surface area contributed by atoms with E-state index >= 15 is 0 Å². The lowest BCUT2D eigenvalue weighted by Crippen LogP contribution is -2.55. The van der Waals surface area contributed by atoms with Crippen LogP contribution in [0.3, 0.4) is 0 Å². The number of nitrogens with one attached hydrogen (secondary N) is 1. The predicted molar refractivity (Wildman–Crippen MR) is 55.3 cm³/mol. The first kappa shape index (κ1) is 9.96. The molecule has 1 aliphatic rings. The quantitative estimate of drug-likeness (QED) is 0.754. The fourth-order valence-corrected chi connectivity index (χ4v) is 1.90. The average Bonchev–Trinajstić information content (AvgIpc) is 2.24. The van der Waals surface area contributed by atoms with Gasteiger partial charge >= 0.3 is 0 Å². The first-order valence-electron chi connectivity index (χ1n) is 4.57. The SMILES string of the molecule is OSc1cccc(CC2NC[C@@H]2F)c1. The van der Waals surface area contributed by atoms with Crippen LogP contribution >= 0.6 is 12.0 Å². The second-order valence-corrected chi connectivity index (χ2v) is 4.13. The Balaban J connectivity index is 2.01. The van der Waals surface area contributed by atoms with Gasteiger partial charge < -0.3 is 9.87 Å². The zero-order valence-corrected chi connectivity index (χ0v) is 8.43. The van der Waals surface area contributed by atoms with Gasteiger partial charge in [0.1, 0.15) is 6.17 Å². The first-order chi connectivity index (χ1) is 6.79. The van der Waals surface area contributed by atoms with Crippen LogP contribution in [-0.2, 0) is 6.42 Å². The summed E-state index contributed by atoms with van der Waals surface area (Å²) in [5, 5.41) is 3.04. The number of alkyl halides is 1. The van der Waals surface area contributed by atoms with Crippen molar-refractivity contribution < 1.29 is 8.94 Å². The standard InChI is InChI=1S/C10H12FNOS/c11-9-6-12-10(9)5-7-2-1-3-8(4-7)14-13/h1-4,9-10,12-13H,5-6H2/t9-,10?/m0/s1. The number of halogens is 1. The molecule has 2 nitrogen and oxygen atoms in total. The summed E-state index contributed by atoms with van der Waals surface area (Å²) in [6.07, 6.45) is -0.0318. The largest absolute Gasteiger partial charge is 0.325 e. The highest BCUT2D eigenvalue weighted by Gasteiger charge is 2.29. The summed E-state index contributed by atoms with van der Waals surface area (Å²) < 4.78 is 21.8. The van der Waals surface area contributed by atoms with Crippen LogP contribution in [0.4, 0.5) is 4.39 Å². The lowest BCUT2D eigenvalue weighted by atomic mass is 9.97. The number of hydrogen-bond donors (Lipinski definition) is 2. The van der Waals surface area contributed by atoms with E-state index in [1.54, 1.807) is 0 Å². The molecule has 0 spiro atoms. The van der Waals surface area contributed by atoms with Gasteiger partial charge in [0.05, 0.1) is 0 Å². The second-order valence-electron chi connectivity index (χ2n) is 3.47. The van der Waals surface area contributed by atoms with Gasteiger partial charge in [-0.2, -0.15) is 0 Å². The molecule has 1 fully saturated rings. The summed E-state index contributed by atoms with van der Waals surface area (Å²) in [4.78, 5) is 0.803. The van der Waals surface area contributed by atoms with E-state index < -0.39 is 6.17 Å². The van der Waals surface area contributed by atoms with Gasteiger partial charge in [-0.1, -0.05) is 12.1 Å². The highest BCUT2D eigenvalue weighted by atomic mass is 32.2. The summed E-state index contributed by atoms with van der Waals surface area (Å²) in [5.41, 5.74) is 1.06. The van der Waals surface area contributed by atoms with Crippen LogP contribution in [0.1, 0.15) is 5.56 Å². The molecule has 4 heteroatoms. The summed E-state index contributed by atoms with van der Waals surface area (Å²) in [7, 11) is 0. The van der Waals surface area contributed by atoms with Crippen LogP contribution in [0.15, 0.2) is 29.2 Å². The summed E-state index contributed by atoms with van der Waals surface area (Å²) >= 11 is 0.722. The van der Waals surface area contributed by atoms with Crippen LogP contribution in [0.5, 0.6) is 0 Å². The van der Waals surface area contributed by atoms with Crippen LogP contribution in [-0.4, -0.2) is 23.3 Å². The molecule has 1 saturated heterocycles. The minimum atomic E-state index is -0.722. The van der Waals surface area contributed by atoms with Gasteiger partial charge in [0.25, 0.3) is 0 Å². The third-order valence-electron chi connectivity index (χ3n) is 2.47. The lowest BCUT2D eigenvalue weighted by molar-refractivity contribution is 0.157. The minimum absolute atomic E-state index is 0.0473. The molecule has 0 radical (unpaired) electrons. The molecule has 0 aliphatic carbocycles. The van der Waals surface area contributed by atoms with Crippen molar-refractivity contribution in [3.05, 3.63) is 29.8 Å². The van der Waals surface area contributed by atoms with Crippen molar-refractivity contribution in [2.24, 2.45) is 0 Å². The molecule has 1 aliphatic heterocycles. The van der Waals surface area contributed by atoms with E-state index in [0.717, 1.165) is 22.5 Å². The van der Waals surface area contributed by atoms with Gasteiger partial charge in [0.15, 0.2) is 0 Å². The molecule has 2 rings (SSSR count). The van der Waals surface area contributed by atoms with Gasteiger partial charge in [0, 0.05) is 29.5 Å².